The molecular weight excluding hydrogens is 450 g/mol. The lowest BCUT2D eigenvalue weighted by atomic mass is 9.81. The monoisotopic (exact) mass is 473 g/mol. The van der Waals surface area contributed by atoms with Crippen molar-refractivity contribution in [1.82, 2.24) is 19.6 Å². The first-order chi connectivity index (χ1) is 14.4. The summed E-state index contributed by atoms with van der Waals surface area (Å²) >= 11 is 3.41. The van der Waals surface area contributed by atoms with Crippen LogP contribution < -0.4 is 5.32 Å². The number of benzene rings is 1. The lowest BCUT2D eigenvalue weighted by Crippen LogP contribution is -2.49. The van der Waals surface area contributed by atoms with Gasteiger partial charge in [0.1, 0.15) is 17.9 Å². The lowest BCUT2D eigenvalue weighted by molar-refractivity contribution is -0.136. The zero-order chi connectivity index (χ0) is 21.3. The molecular formula is C21H24BrN5O3. The molecule has 2 aliphatic rings. The Labute approximate surface area is 183 Å². The quantitative estimate of drug-likeness (QED) is 0.675. The minimum Gasteiger partial charge on any atom is -0.313 e. The van der Waals surface area contributed by atoms with E-state index in [4.69, 9.17) is 0 Å². The summed E-state index contributed by atoms with van der Waals surface area (Å²) in [7, 11) is 1.66. The highest BCUT2D eigenvalue weighted by molar-refractivity contribution is 9.10. The van der Waals surface area contributed by atoms with Crippen molar-refractivity contribution in [2.45, 2.75) is 44.2 Å². The second kappa shape index (κ2) is 8.22. The van der Waals surface area contributed by atoms with Crippen molar-refractivity contribution >= 4 is 39.6 Å². The molecule has 158 valence electrons. The second-order valence-electron chi connectivity index (χ2n) is 7.87. The highest BCUT2D eigenvalue weighted by Crippen LogP contribution is 2.39. The van der Waals surface area contributed by atoms with Gasteiger partial charge < -0.3 is 10.2 Å². The Kier molecular flexibility index (Phi) is 5.64. The Balaban J connectivity index is 1.43. The molecule has 0 radical (unpaired) electrons. The lowest BCUT2D eigenvalue weighted by Gasteiger charge is -2.35. The van der Waals surface area contributed by atoms with Crippen molar-refractivity contribution in [2.75, 3.05) is 18.9 Å². The predicted octanol–water partition coefficient (Wildman–Crippen LogP) is 3.23. The maximum atomic E-state index is 13.0. The maximum Gasteiger partial charge on any atom is 0.327 e. The highest BCUT2D eigenvalue weighted by Gasteiger charge is 2.55. The first kappa shape index (κ1) is 20.6. The fourth-order valence-electron chi connectivity index (χ4n) is 4.32. The van der Waals surface area contributed by atoms with E-state index in [1.165, 1.54) is 4.90 Å². The fourth-order valence-corrected chi connectivity index (χ4v) is 4.59. The zero-order valence-electron chi connectivity index (χ0n) is 16.8. The number of nitrogens with one attached hydrogen (secondary N) is 1. The number of carbonyl (C=O) groups excluding carboxylic acids is 3. The van der Waals surface area contributed by atoms with E-state index in [0.717, 1.165) is 34.2 Å². The third-order valence-corrected chi connectivity index (χ3v) is 6.54. The van der Waals surface area contributed by atoms with Gasteiger partial charge >= 0.3 is 6.03 Å². The SMILES string of the molecule is CN1C(=O)N(CC(=O)Nc2ccnn2Cc2ccc(Br)cc2)C(=O)C12CCCCC2. The average molecular weight is 474 g/mol. The van der Waals surface area contributed by atoms with E-state index >= 15 is 0 Å². The largest absolute Gasteiger partial charge is 0.327 e. The number of nitrogens with zero attached hydrogens (tertiary/aromatic N) is 4. The van der Waals surface area contributed by atoms with Gasteiger partial charge in [-0.2, -0.15) is 5.10 Å². The van der Waals surface area contributed by atoms with Gasteiger partial charge in [0.2, 0.25) is 5.91 Å². The number of anilines is 1. The van der Waals surface area contributed by atoms with Gasteiger partial charge in [-0.05, 0) is 30.5 Å². The summed E-state index contributed by atoms with van der Waals surface area (Å²) in [5.74, 6) is -0.161. The molecule has 1 saturated heterocycles. The van der Waals surface area contributed by atoms with Gasteiger partial charge in [-0.3, -0.25) is 14.5 Å². The van der Waals surface area contributed by atoms with Crippen molar-refractivity contribution in [3.63, 3.8) is 0 Å². The maximum absolute atomic E-state index is 13.0. The van der Waals surface area contributed by atoms with Gasteiger partial charge in [-0.15, -0.1) is 0 Å². The summed E-state index contributed by atoms with van der Waals surface area (Å²) in [6, 6.07) is 9.12. The van der Waals surface area contributed by atoms with Gasteiger partial charge in [0, 0.05) is 17.6 Å². The Hall–Kier alpha value is -2.68. The van der Waals surface area contributed by atoms with Crippen molar-refractivity contribution in [3.05, 3.63) is 46.6 Å². The molecule has 30 heavy (non-hydrogen) atoms. The molecule has 0 unspecified atom stereocenters. The van der Waals surface area contributed by atoms with Gasteiger partial charge in [0.25, 0.3) is 5.91 Å². The van der Waals surface area contributed by atoms with Crippen LogP contribution in [0.2, 0.25) is 0 Å². The highest BCUT2D eigenvalue weighted by atomic mass is 79.9. The van der Waals surface area contributed by atoms with E-state index in [1.807, 2.05) is 24.3 Å². The Morgan fingerprint density at radius 3 is 2.53 bits per heavy atom. The molecule has 1 N–H and O–H groups in total. The van der Waals surface area contributed by atoms with E-state index in [0.29, 0.717) is 25.2 Å². The van der Waals surface area contributed by atoms with E-state index in [9.17, 15) is 14.4 Å². The standard InChI is InChI=1S/C21H24BrN5O3/c1-25-20(30)26(19(29)21(25)10-3-2-4-11-21)14-18(28)24-17-9-12-23-27(17)13-15-5-7-16(22)8-6-15/h5-9,12H,2-4,10-11,13-14H2,1H3,(H,24,28). The molecule has 2 heterocycles. The van der Waals surface area contributed by atoms with Crippen molar-refractivity contribution in [2.24, 2.45) is 0 Å². The number of rotatable bonds is 5. The van der Waals surface area contributed by atoms with Crippen LogP contribution in [0.3, 0.4) is 0 Å². The molecule has 1 saturated carbocycles. The Morgan fingerprint density at radius 1 is 1.13 bits per heavy atom. The Bertz CT molecular complexity index is 965. The molecule has 2 aromatic rings. The van der Waals surface area contributed by atoms with Crippen LogP contribution in [0.25, 0.3) is 0 Å². The number of hydrogen-bond donors (Lipinski definition) is 1. The van der Waals surface area contributed by atoms with Crippen molar-refractivity contribution in [3.8, 4) is 0 Å². The molecule has 9 heteroatoms. The molecule has 1 aromatic heterocycles. The van der Waals surface area contributed by atoms with Crippen LogP contribution in [0.1, 0.15) is 37.7 Å². The summed E-state index contributed by atoms with van der Waals surface area (Å²) in [5, 5.41) is 7.05. The van der Waals surface area contributed by atoms with Crippen molar-refractivity contribution < 1.29 is 14.4 Å². The minimum atomic E-state index is -0.779. The number of urea groups is 1. The topological polar surface area (TPSA) is 87.5 Å². The third kappa shape index (κ3) is 3.74. The van der Waals surface area contributed by atoms with Gasteiger partial charge in [-0.1, -0.05) is 47.3 Å². The predicted molar refractivity (Wildman–Crippen MR) is 115 cm³/mol. The molecule has 4 rings (SSSR count). The fraction of sp³-hybridized carbons (Fsp3) is 0.429. The molecule has 1 spiro atoms. The third-order valence-electron chi connectivity index (χ3n) is 6.02. The van der Waals surface area contributed by atoms with E-state index in [1.54, 1.807) is 24.0 Å². The number of carbonyl (C=O) groups is 3. The summed E-state index contributed by atoms with van der Waals surface area (Å²) in [6.07, 6.45) is 5.82. The van der Waals surface area contributed by atoms with Crippen LogP contribution >= 0.6 is 15.9 Å². The van der Waals surface area contributed by atoms with Crippen LogP contribution in [-0.4, -0.2) is 56.6 Å². The summed E-state index contributed by atoms with van der Waals surface area (Å²) in [4.78, 5) is 41.0. The molecule has 2 fully saturated rings. The zero-order valence-corrected chi connectivity index (χ0v) is 18.4. The normalized spacial score (nSPS) is 18.3. The smallest absolute Gasteiger partial charge is 0.313 e. The minimum absolute atomic E-state index is 0.256. The van der Waals surface area contributed by atoms with Gasteiger partial charge in [0.15, 0.2) is 0 Å². The Morgan fingerprint density at radius 2 is 1.83 bits per heavy atom. The van der Waals surface area contributed by atoms with Crippen LogP contribution in [0.5, 0.6) is 0 Å². The number of imide groups is 1. The molecule has 4 amide bonds. The molecule has 1 aliphatic carbocycles. The van der Waals surface area contributed by atoms with E-state index in [-0.39, 0.29) is 12.5 Å². The number of likely N-dealkylation sites (N-methyl/N-ethyl adjacent to an activating group) is 1. The molecule has 1 aromatic carbocycles. The number of halogens is 1. The summed E-state index contributed by atoms with van der Waals surface area (Å²) in [6.45, 7) is 0.191. The first-order valence-electron chi connectivity index (χ1n) is 10.1. The molecule has 0 bridgehead atoms. The first-order valence-corrected chi connectivity index (χ1v) is 10.9. The average Bonchev–Trinajstić information content (AvgIpc) is 3.24. The van der Waals surface area contributed by atoms with Gasteiger partial charge in [-0.25, -0.2) is 9.48 Å². The van der Waals surface area contributed by atoms with Crippen LogP contribution in [0, 0.1) is 0 Å². The second-order valence-corrected chi connectivity index (χ2v) is 8.79. The van der Waals surface area contributed by atoms with Gasteiger partial charge in [0.05, 0.1) is 12.7 Å². The van der Waals surface area contributed by atoms with Crippen molar-refractivity contribution in [1.29, 1.82) is 0 Å². The molecule has 1 aliphatic heterocycles. The van der Waals surface area contributed by atoms with Crippen LogP contribution in [0.15, 0.2) is 41.0 Å². The van der Waals surface area contributed by atoms with E-state index < -0.39 is 17.5 Å². The number of amides is 4. The van der Waals surface area contributed by atoms with Crippen LogP contribution in [-0.2, 0) is 16.1 Å². The molecule has 8 nitrogen and oxygen atoms in total. The molecule has 0 atom stereocenters. The van der Waals surface area contributed by atoms with Crippen LogP contribution in [0.4, 0.5) is 10.6 Å². The summed E-state index contributed by atoms with van der Waals surface area (Å²) < 4.78 is 2.66. The van der Waals surface area contributed by atoms with E-state index in [2.05, 4.69) is 26.3 Å². The number of aromatic nitrogens is 2. The number of hydrogen-bond acceptors (Lipinski definition) is 4. The summed E-state index contributed by atoms with van der Waals surface area (Å²) in [5.41, 5.74) is 0.252.